The van der Waals surface area contributed by atoms with E-state index in [1.165, 1.54) is 0 Å². The second-order valence-electron chi connectivity index (χ2n) is 4.38. The van der Waals surface area contributed by atoms with Crippen LogP contribution in [-0.4, -0.2) is 22.6 Å². The molecule has 0 aliphatic carbocycles. The fourth-order valence-corrected chi connectivity index (χ4v) is 2.31. The van der Waals surface area contributed by atoms with Crippen LogP contribution in [0.1, 0.15) is 27.2 Å². The van der Waals surface area contributed by atoms with Crippen molar-refractivity contribution >= 4 is 28.3 Å². The number of aromatic nitrogens is 2. The van der Waals surface area contributed by atoms with Gasteiger partial charge in [-0.2, -0.15) is 4.98 Å². The topological polar surface area (TPSA) is 29.0 Å². The number of anilines is 1. The number of halogens is 1. The lowest BCUT2D eigenvalue weighted by Gasteiger charge is -2.29. The van der Waals surface area contributed by atoms with E-state index in [9.17, 15) is 0 Å². The van der Waals surface area contributed by atoms with Crippen LogP contribution in [0.2, 0.25) is 5.28 Å². The van der Waals surface area contributed by atoms with Crippen molar-refractivity contribution in [2.45, 2.75) is 33.2 Å². The quantitative estimate of drug-likeness (QED) is 0.783. The summed E-state index contributed by atoms with van der Waals surface area (Å²) in [7, 11) is 0. The van der Waals surface area contributed by atoms with Gasteiger partial charge in [-0.1, -0.05) is 19.1 Å². The van der Waals surface area contributed by atoms with Gasteiger partial charge in [0.25, 0.3) is 0 Å². The summed E-state index contributed by atoms with van der Waals surface area (Å²) in [6.07, 6.45) is 1.07. The molecule has 1 aromatic heterocycles. The molecule has 0 aliphatic rings. The van der Waals surface area contributed by atoms with Gasteiger partial charge in [-0.25, -0.2) is 4.98 Å². The van der Waals surface area contributed by atoms with Crippen LogP contribution >= 0.6 is 11.6 Å². The summed E-state index contributed by atoms with van der Waals surface area (Å²) in [5.74, 6) is 0.933. The molecule has 1 unspecified atom stereocenters. The SMILES string of the molecule is CCC(C)N(CC)c1nc(Cl)nc2ccccc12. The van der Waals surface area contributed by atoms with Gasteiger partial charge >= 0.3 is 0 Å². The molecule has 3 nitrogen and oxygen atoms in total. The van der Waals surface area contributed by atoms with E-state index >= 15 is 0 Å². The minimum Gasteiger partial charge on any atom is -0.354 e. The maximum atomic E-state index is 6.02. The lowest BCUT2D eigenvalue weighted by atomic mass is 10.1. The molecule has 0 bridgehead atoms. The van der Waals surface area contributed by atoms with Crippen LogP contribution in [0.4, 0.5) is 5.82 Å². The van der Waals surface area contributed by atoms with Crippen LogP contribution < -0.4 is 4.90 Å². The average Bonchev–Trinajstić information content (AvgIpc) is 2.39. The molecule has 0 fully saturated rings. The Morgan fingerprint density at radius 1 is 1.22 bits per heavy atom. The van der Waals surface area contributed by atoms with E-state index in [4.69, 9.17) is 11.6 Å². The Hall–Kier alpha value is -1.35. The van der Waals surface area contributed by atoms with Crippen LogP contribution in [0.3, 0.4) is 0 Å². The van der Waals surface area contributed by atoms with E-state index in [-0.39, 0.29) is 0 Å². The lowest BCUT2D eigenvalue weighted by molar-refractivity contribution is 0.625. The largest absolute Gasteiger partial charge is 0.354 e. The fraction of sp³-hybridized carbons (Fsp3) is 0.429. The molecule has 2 aromatic rings. The predicted molar refractivity (Wildman–Crippen MR) is 77.3 cm³/mol. The second kappa shape index (κ2) is 5.53. The third-order valence-corrected chi connectivity index (χ3v) is 3.46. The number of fused-ring (bicyclic) bond motifs is 1. The Morgan fingerprint density at radius 3 is 2.61 bits per heavy atom. The Bertz CT molecular complexity index is 542. The maximum Gasteiger partial charge on any atom is 0.224 e. The highest BCUT2D eigenvalue weighted by molar-refractivity contribution is 6.28. The van der Waals surface area contributed by atoms with Crippen molar-refractivity contribution in [1.82, 2.24) is 9.97 Å². The molecule has 0 amide bonds. The molecule has 0 spiro atoms. The molecule has 4 heteroatoms. The van der Waals surface area contributed by atoms with Crippen LogP contribution in [-0.2, 0) is 0 Å². The predicted octanol–water partition coefficient (Wildman–Crippen LogP) is 3.91. The molecule has 1 aromatic carbocycles. The van der Waals surface area contributed by atoms with Gasteiger partial charge in [-0.05, 0) is 44.0 Å². The van der Waals surface area contributed by atoms with E-state index in [0.717, 1.165) is 29.7 Å². The molecule has 1 atom stereocenters. The maximum absolute atomic E-state index is 6.02. The molecule has 0 radical (unpaired) electrons. The third kappa shape index (κ3) is 2.41. The summed E-state index contributed by atoms with van der Waals surface area (Å²) in [5, 5.41) is 1.37. The number of rotatable bonds is 4. The second-order valence-corrected chi connectivity index (χ2v) is 4.71. The van der Waals surface area contributed by atoms with Crippen molar-refractivity contribution in [1.29, 1.82) is 0 Å². The van der Waals surface area contributed by atoms with Crippen molar-refractivity contribution in [3.63, 3.8) is 0 Å². The first-order chi connectivity index (χ1) is 8.67. The zero-order valence-corrected chi connectivity index (χ0v) is 11.8. The van der Waals surface area contributed by atoms with Crippen LogP contribution in [0.25, 0.3) is 10.9 Å². The van der Waals surface area contributed by atoms with E-state index in [2.05, 4.69) is 35.6 Å². The number of hydrogen-bond donors (Lipinski definition) is 0. The first kappa shape index (κ1) is 13.1. The molecule has 0 N–H and O–H groups in total. The zero-order chi connectivity index (χ0) is 13.1. The number of nitrogens with zero attached hydrogens (tertiary/aromatic N) is 3. The van der Waals surface area contributed by atoms with Crippen molar-refractivity contribution in [3.05, 3.63) is 29.5 Å². The molecule has 96 valence electrons. The fourth-order valence-electron chi connectivity index (χ4n) is 2.14. The highest BCUT2D eigenvalue weighted by atomic mass is 35.5. The van der Waals surface area contributed by atoms with Crippen LogP contribution in [0.15, 0.2) is 24.3 Å². The highest BCUT2D eigenvalue weighted by Crippen LogP contribution is 2.27. The van der Waals surface area contributed by atoms with Gasteiger partial charge in [0.15, 0.2) is 0 Å². The molecule has 0 aliphatic heterocycles. The Labute approximate surface area is 113 Å². The van der Waals surface area contributed by atoms with Crippen LogP contribution in [0, 0.1) is 0 Å². The van der Waals surface area contributed by atoms with Crippen molar-refractivity contribution in [2.75, 3.05) is 11.4 Å². The van der Waals surface area contributed by atoms with Gasteiger partial charge in [0.05, 0.1) is 5.52 Å². The first-order valence-corrected chi connectivity index (χ1v) is 6.74. The Balaban J connectivity index is 2.61. The van der Waals surface area contributed by atoms with E-state index in [0.29, 0.717) is 11.3 Å². The summed E-state index contributed by atoms with van der Waals surface area (Å²) in [6.45, 7) is 7.43. The van der Waals surface area contributed by atoms with Gasteiger partial charge < -0.3 is 4.90 Å². The number of para-hydroxylation sites is 1. The van der Waals surface area contributed by atoms with Gasteiger partial charge in [-0.3, -0.25) is 0 Å². The lowest BCUT2D eigenvalue weighted by Crippen LogP contribution is -2.33. The highest BCUT2D eigenvalue weighted by Gasteiger charge is 2.16. The minimum absolute atomic E-state index is 0.311. The smallest absolute Gasteiger partial charge is 0.224 e. The Kier molecular flexibility index (Phi) is 4.02. The summed E-state index contributed by atoms with van der Waals surface area (Å²) >= 11 is 6.02. The van der Waals surface area contributed by atoms with Gasteiger partial charge in [0.1, 0.15) is 5.82 Å². The van der Waals surface area contributed by atoms with Gasteiger partial charge in [0, 0.05) is 18.0 Å². The van der Waals surface area contributed by atoms with Gasteiger partial charge in [0.2, 0.25) is 5.28 Å². The zero-order valence-electron chi connectivity index (χ0n) is 11.0. The van der Waals surface area contributed by atoms with Crippen molar-refractivity contribution < 1.29 is 0 Å². The van der Waals surface area contributed by atoms with E-state index < -0.39 is 0 Å². The molecule has 18 heavy (non-hydrogen) atoms. The van der Waals surface area contributed by atoms with E-state index in [1.54, 1.807) is 0 Å². The number of hydrogen-bond acceptors (Lipinski definition) is 3. The summed E-state index contributed by atoms with van der Waals surface area (Å²) in [6, 6.07) is 8.43. The Morgan fingerprint density at radius 2 is 1.94 bits per heavy atom. The average molecular weight is 264 g/mol. The standard InChI is InChI=1S/C14H18ClN3/c1-4-10(3)18(5-2)13-11-8-6-7-9-12(11)16-14(15)17-13/h6-10H,4-5H2,1-3H3. The van der Waals surface area contributed by atoms with Gasteiger partial charge in [-0.15, -0.1) is 0 Å². The van der Waals surface area contributed by atoms with Crippen molar-refractivity contribution in [2.24, 2.45) is 0 Å². The summed E-state index contributed by atoms with van der Waals surface area (Å²) < 4.78 is 0. The molecular weight excluding hydrogens is 246 g/mol. The normalized spacial score (nSPS) is 12.7. The van der Waals surface area contributed by atoms with Crippen molar-refractivity contribution in [3.8, 4) is 0 Å². The summed E-state index contributed by atoms with van der Waals surface area (Å²) in [4.78, 5) is 11.0. The molecule has 2 rings (SSSR count). The van der Waals surface area contributed by atoms with Crippen LogP contribution in [0.5, 0.6) is 0 Å². The summed E-state index contributed by atoms with van der Waals surface area (Å²) in [5.41, 5.74) is 0.897. The molecular formula is C14H18ClN3. The molecule has 1 heterocycles. The monoisotopic (exact) mass is 263 g/mol. The first-order valence-electron chi connectivity index (χ1n) is 6.36. The molecule has 0 saturated heterocycles. The minimum atomic E-state index is 0.311. The number of benzene rings is 1. The third-order valence-electron chi connectivity index (χ3n) is 3.29. The van der Waals surface area contributed by atoms with E-state index in [1.807, 2.05) is 24.3 Å². The molecule has 0 saturated carbocycles.